The number of benzene rings is 3. The van der Waals surface area contributed by atoms with E-state index in [4.69, 9.17) is 0 Å². The molecule has 0 unspecified atom stereocenters. The van der Waals surface area contributed by atoms with Gasteiger partial charge in [-0.2, -0.15) is 0 Å². The van der Waals surface area contributed by atoms with Gasteiger partial charge in [0.2, 0.25) is 0 Å². The summed E-state index contributed by atoms with van der Waals surface area (Å²) in [5, 5.41) is 2.12. The van der Waals surface area contributed by atoms with Crippen LogP contribution < -0.4 is 10.4 Å². The van der Waals surface area contributed by atoms with E-state index in [1.165, 1.54) is 27.8 Å². The molecule has 0 aromatic heterocycles. The quantitative estimate of drug-likeness (QED) is 0.604. The minimum atomic E-state index is 0.991. The molecule has 0 saturated heterocycles. The third-order valence-electron chi connectivity index (χ3n) is 4.45. The minimum Gasteiger partial charge on any atom is -0.266 e. The zero-order valence-electron chi connectivity index (χ0n) is 15.1. The van der Waals surface area contributed by atoms with Crippen LogP contribution >= 0.6 is 0 Å². The lowest BCUT2D eigenvalue weighted by Gasteiger charge is -2.12. The molecule has 1 heteroatoms. The van der Waals surface area contributed by atoms with Crippen molar-refractivity contribution in [3.63, 3.8) is 0 Å². The van der Waals surface area contributed by atoms with Crippen molar-refractivity contribution in [3.05, 3.63) is 82.7 Å². The Balaban J connectivity index is 2.41. The Morgan fingerprint density at radius 1 is 0.880 bits per heavy atom. The van der Waals surface area contributed by atoms with Gasteiger partial charge < -0.3 is 0 Å². The first-order valence-electron chi connectivity index (χ1n) is 8.56. The van der Waals surface area contributed by atoms with Crippen LogP contribution in [0.1, 0.15) is 19.4 Å². The summed E-state index contributed by atoms with van der Waals surface area (Å²) in [5.74, 6) is 0. The highest BCUT2D eigenvalue weighted by molar-refractivity contribution is 5.77. The van der Waals surface area contributed by atoms with Crippen LogP contribution in [0.3, 0.4) is 0 Å². The molecule has 1 nitrogen and oxygen atoms in total. The molecule has 0 heterocycles. The summed E-state index contributed by atoms with van der Waals surface area (Å²) in [4.78, 5) is 4.53. The molecular weight excluding hydrogens is 302 g/mol. The van der Waals surface area contributed by atoms with Crippen molar-refractivity contribution >= 4 is 18.5 Å². The summed E-state index contributed by atoms with van der Waals surface area (Å²) in [7, 11) is 0. The molecule has 3 rings (SSSR count). The number of hydrogen-bond acceptors (Lipinski definition) is 1. The highest BCUT2D eigenvalue weighted by Gasteiger charge is 2.09. The molecule has 3 aromatic rings. The predicted octanol–water partition coefficient (Wildman–Crippen LogP) is 4.96. The van der Waals surface area contributed by atoms with Crippen LogP contribution in [0.25, 0.3) is 34.5 Å². The summed E-state index contributed by atoms with van der Waals surface area (Å²) in [5.41, 5.74) is 7.04. The van der Waals surface area contributed by atoms with Gasteiger partial charge in [-0.3, -0.25) is 4.99 Å². The molecule has 0 amide bonds. The molecule has 0 aliphatic rings. The third-order valence-corrected chi connectivity index (χ3v) is 4.45. The Hall–Kier alpha value is -2.93. The average molecular weight is 325 g/mol. The van der Waals surface area contributed by atoms with Gasteiger partial charge in [-0.25, -0.2) is 0 Å². The zero-order valence-corrected chi connectivity index (χ0v) is 15.1. The summed E-state index contributed by atoms with van der Waals surface area (Å²) in [6, 6.07) is 23.3. The van der Waals surface area contributed by atoms with Gasteiger partial charge >= 0.3 is 0 Å². The average Bonchev–Trinajstić information content (AvgIpc) is 2.62. The molecule has 124 valence electrons. The first-order chi connectivity index (χ1) is 12.1. The van der Waals surface area contributed by atoms with E-state index in [9.17, 15) is 0 Å². The second-order valence-corrected chi connectivity index (χ2v) is 6.21. The van der Waals surface area contributed by atoms with Gasteiger partial charge in [0.1, 0.15) is 0 Å². The van der Waals surface area contributed by atoms with Crippen molar-refractivity contribution < 1.29 is 0 Å². The monoisotopic (exact) mass is 325 g/mol. The lowest BCUT2D eigenvalue weighted by atomic mass is 9.93. The predicted molar refractivity (Wildman–Crippen MR) is 110 cm³/mol. The number of aryl methyl sites for hydroxylation is 1. The van der Waals surface area contributed by atoms with E-state index in [2.05, 4.69) is 79.2 Å². The van der Waals surface area contributed by atoms with E-state index in [1.807, 2.05) is 26.1 Å². The largest absolute Gasteiger partial charge is 0.266 e. The Bertz CT molecular complexity index is 1030. The molecule has 0 fully saturated rings. The van der Waals surface area contributed by atoms with Crippen molar-refractivity contribution in [1.82, 2.24) is 0 Å². The van der Waals surface area contributed by atoms with E-state index in [1.54, 1.807) is 0 Å². The highest BCUT2D eigenvalue weighted by Crippen LogP contribution is 2.25. The number of nitrogens with zero attached hydrogens (tertiary/aromatic N) is 1. The van der Waals surface area contributed by atoms with E-state index < -0.39 is 0 Å². The van der Waals surface area contributed by atoms with Gasteiger partial charge in [0.05, 0.1) is 0 Å². The van der Waals surface area contributed by atoms with E-state index in [0.29, 0.717) is 0 Å². The fourth-order valence-electron chi connectivity index (χ4n) is 3.27. The standard InChI is InChI=1S/C24H23N/c1-5-25-19(4)24-18(3)15-21(20-12-7-6-8-13-20)16-23(24)22-14-10-9-11-17(22)2/h5-16H,3H2,1-2,4H3/b24-19+,25-5?. The first-order valence-corrected chi connectivity index (χ1v) is 8.56. The first kappa shape index (κ1) is 16.9. The van der Waals surface area contributed by atoms with Gasteiger partial charge in [0.15, 0.2) is 0 Å². The van der Waals surface area contributed by atoms with Gasteiger partial charge in [-0.1, -0.05) is 61.2 Å². The van der Waals surface area contributed by atoms with Crippen LogP contribution in [0, 0.1) is 6.92 Å². The molecule has 0 spiro atoms. The highest BCUT2D eigenvalue weighted by atomic mass is 14.7. The maximum Gasteiger partial charge on any atom is 0.0452 e. The number of hydrogen-bond donors (Lipinski definition) is 0. The molecule has 0 N–H and O–H groups in total. The SMILES string of the molecule is C=c1cc(-c2ccccc2)cc(-c2ccccc2C)/c1=C(\C)N=CC. The van der Waals surface area contributed by atoms with Crippen LogP contribution in [0.4, 0.5) is 0 Å². The molecule has 25 heavy (non-hydrogen) atoms. The second-order valence-electron chi connectivity index (χ2n) is 6.21. The van der Waals surface area contributed by atoms with Crippen molar-refractivity contribution in [2.75, 3.05) is 0 Å². The summed E-state index contributed by atoms with van der Waals surface area (Å²) < 4.78 is 0. The number of aliphatic imine (C=N–C) groups is 1. The molecule has 0 aliphatic carbocycles. The number of rotatable bonds is 3. The maximum absolute atomic E-state index is 4.53. The van der Waals surface area contributed by atoms with Crippen LogP contribution in [0.15, 0.2) is 71.7 Å². The van der Waals surface area contributed by atoms with Gasteiger partial charge in [-0.15, -0.1) is 0 Å². The van der Waals surface area contributed by atoms with Crippen molar-refractivity contribution in [2.45, 2.75) is 20.8 Å². The lowest BCUT2D eigenvalue weighted by molar-refractivity contribution is 1.38. The van der Waals surface area contributed by atoms with E-state index in [-0.39, 0.29) is 0 Å². The Morgan fingerprint density at radius 2 is 1.56 bits per heavy atom. The summed E-state index contributed by atoms with van der Waals surface area (Å²) >= 11 is 0. The molecular formula is C24H23N. The van der Waals surface area contributed by atoms with Gasteiger partial charge in [0.25, 0.3) is 0 Å². The summed E-state index contributed by atoms with van der Waals surface area (Å²) in [6.45, 7) is 10.5. The van der Waals surface area contributed by atoms with E-state index >= 15 is 0 Å². The van der Waals surface area contributed by atoms with Crippen LogP contribution in [-0.4, -0.2) is 6.21 Å². The molecule has 0 atom stereocenters. The fourth-order valence-corrected chi connectivity index (χ4v) is 3.27. The smallest absolute Gasteiger partial charge is 0.0452 e. The van der Waals surface area contributed by atoms with Crippen molar-refractivity contribution in [3.8, 4) is 22.3 Å². The summed E-state index contributed by atoms with van der Waals surface area (Å²) in [6.07, 6.45) is 1.83. The van der Waals surface area contributed by atoms with Gasteiger partial charge in [0, 0.05) is 17.1 Å². The second kappa shape index (κ2) is 7.31. The molecule has 0 aliphatic heterocycles. The molecule has 3 aromatic carbocycles. The maximum atomic E-state index is 4.53. The fraction of sp³-hybridized carbons (Fsp3) is 0.125. The van der Waals surface area contributed by atoms with Crippen molar-refractivity contribution in [2.24, 2.45) is 4.99 Å². The minimum absolute atomic E-state index is 0.991. The topological polar surface area (TPSA) is 12.4 Å². The van der Waals surface area contributed by atoms with Crippen LogP contribution in [0.2, 0.25) is 0 Å². The Labute approximate surface area is 149 Å². The Kier molecular flexibility index (Phi) is 4.95. The normalized spacial score (nSPS) is 12.4. The van der Waals surface area contributed by atoms with E-state index in [0.717, 1.165) is 16.1 Å². The Morgan fingerprint density at radius 3 is 2.24 bits per heavy atom. The lowest BCUT2D eigenvalue weighted by Crippen LogP contribution is -2.27. The molecule has 0 saturated carbocycles. The zero-order chi connectivity index (χ0) is 17.8. The third kappa shape index (κ3) is 3.46. The van der Waals surface area contributed by atoms with Gasteiger partial charge in [-0.05, 0) is 65.9 Å². The molecule has 0 bridgehead atoms. The van der Waals surface area contributed by atoms with Crippen LogP contribution in [-0.2, 0) is 0 Å². The molecule has 0 radical (unpaired) electrons. The van der Waals surface area contributed by atoms with Crippen LogP contribution in [0.5, 0.6) is 0 Å². The van der Waals surface area contributed by atoms with Crippen molar-refractivity contribution in [1.29, 1.82) is 0 Å².